The predicted octanol–water partition coefficient (Wildman–Crippen LogP) is 1.74. The highest BCUT2D eigenvalue weighted by Gasteiger charge is 2.16. The number of nitrogens with two attached hydrogens (primary N) is 1. The highest BCUT2D eigenvalue weighted by Crippen LogP contribution is 2.17. The topological polar surface area (TPSA) is 56.7 Å². The number of aryl methyl sites for hydroxylation is 1. The first-order chi connectivity index (χ1) is 6.57. The van der Waals surface area contributed by atoms with Crippen LogP contribution in [0.3, 0.4) is 0 Å². The van der Waals surface area contributed by atoms with Crippen LogP contribution >= 0.6 is 0 Å². The maximum absolute atomic E-state index is 5.96. The van der Waals surface area contributed by atoms with Crippen molar-refractivity contribution >= 4 is 0 Å². The Hall–Kier alpha value is -1.16. The van der Waals surface area contributed by atoms with Crippen molar-refractivity contribution in [2.75, 3.05) is 0 Å². The molecule has 1 atom stereocenters. The molecule has 0 radical (unpaired) electrons. The minimum atomic E-state index is -0.101. The Kier molecular flexibility index (Phi) is 3.41. The molecule has 0 saturated heterocycles. The van der Waals surface area contributed by atoms with E-state index in [1.165, 1.54) is 0 Å². The van der Waals surface area contributed by atoms with E-state index in [1.807, 2.05) is 6.92 Å². The van der Waals surface area contributed by atoms with Gasteiger partial charge in [-0.2, -0.15) is 0 Å². The third-order valence-corrected chi connectivity index (χ3v) is 2.16. The zero-order valence-electron chi connectivity index (χ0n) is 9.07. The minimum absolute atomic E-state index is 0.101. The lowest BCUT2D eigenvalue weighted by atomic mass is 10.2. The molecule has 0 fully saturated rings. The summed E-state index contributed by atoms with van der Waals surface area (Å²) in [4.78, 5) is 0. The highest BCUT2D eigenvalue weighted by molar-refractivity contribution is 5.02. The summed E-state index contributed by atoms with van der Waals surface area (Å²) in [7, 11) is 0. The summed E-state index contributed by atoms with van der Waals surface area (Å²) in [6.45, 7) is 9.81. The van der Waals surface area contributed by atoms with Gasteiger partial charge in [-0.3, -0.25) is 0 Å². The van der Waals surface area contributed by atoms with Gasteiger partial charge in [0, 0.05) is 6.04 Å². The van der Waals surface area contributed by atoms with E-state index in [-0.39, 0.29) is 6.04 Å². The van der Waals surface area contributed by atoms with Crippen molar-refractivity contribution in [1.82, 2.24) is 14.8 Å². The summed E-state index contributed by atoms with van der Waals surface area (Å²) in [6, 6.07) is 0.243. The molecule has 78 valence electrons. The Bertz CT molecular complexity index is 314. The SMILES string of the molecule is C=CCC(N)c1nnc(C)n1C(C)C. The Labute approximate surface area is 84.8 Å². The molecule has 1 unspecified atom stereocenters. The van der Waals surface area contributed by atoms with Crippen molar-refractivity contribution in [3.05, 3.63) is 24.3 Å². The van der Waals surface area contributed by atoms with Crippen LogP contribution in [-0.4, -0.2) is 14.8 Å². The normalized spacial score (nSPS) is 13.2. The van der Waals surface area contributed by atoms with Crippen molar-refractivity contribution in [3.8, 4) is 0 Å². The Balaban J connectivity index is 3.02. The van der Waals surface area contributed by atoms with Gasteiger partial charge in [0.15, 0.2) is 5.82 Å². The van der Waals surface area contributed by atoms with Crippen LogP contribution < -0.4 is 5.73 Å². The molecule has 2 N–H and O–H groups in total. The number of hydrogen-bond donors (Lipinski definition) is 1. The van der Waals surface area contributed by atoms with Gasteiger partial charge in [-0.15, -0.1) is 16.8 Å². The second kappa shape index (κ2) is 4.37. The second-order valence-electron chi connectivity index (χ2n) is 3.70. The quantitative estimate of drug-likeness (QED) is 0.743. The summed E-state index contributed by atoms with van der Waals surface area (Å²) in [5.74, 6) is 1.76. The molecule has 0 amide bonds. The summed E-state index contributed by atoms with van der Waals surface area (Å²) >= 11 is 0. The van der Waals surface area contributed by atoms with E-state index in [4.69, 9.17) is 5.73 Å². The number of rotatable bonds is 4. The fourth-order valence-electron chi connectivity index (χ4n) is 1.56. The van der Waals surface area contributed by atoms with Gasteiger partial charge in [0.1, 0.15) is 5.82 Å². The molecule has 1 aromatic rings. The fraction of sp³-hybridized carbons (Fsp3) is 0.600. The Morgan fingerprint density at radius 2 is 2.14 bits per heavy atom. The third-order valence-electron chi connectivity index (χ3n) is 2.16. The zero-order valence-corrected chi connectivity index (χ0v) is 9.07. The largest absolute Gasteiger partial charge is 0.321 e. The Morgan fingerprint density at radius 3 is 2.64 bits per heavy atom. The Morgan fingerprint density at radius 1 is 1.50 bits per heavy atom. The average Bonchev–Trinajstić information content (AvgIpc) is 2.47. The van der Waals surface area contributed by atoms with E-state index in [9.17, 15) is 0 Å². The number of nitrogens with zero attached hydrogens (tertiary/aromatic N) is 3. The summed E-state index contributed by atoms with van der Waals surface area (Å²) < 4.78 is 2.06. The fourth-order valence-corrected chi connectivity index (χ4v) is 1.56. The van der Waals surface area contributed by atoms with Crippen LogP contribution in [0.2, 0.25) is 0 Å². The lowest BCUT2D eigenvalue weighted by Crippen LogP contribution is -2.18. The van der Waals surface area contributed by atoms with Gasteiger partial charge in [-0.1, -0.05) is 6.08 Å². The number of hydrogen-bond acceptors (Lipinski definition) is 3. The second-order valence-corrected chi connectivity index (χ2v) is 3.70. The first-order valence-electron chi connectivity index (χ1n) is 4.85. The number of aromatic nitrogens is 3. The van der Waals surface area contributed by atoms with E-state index in [0.717, 1.165) is 18.1 Å². The maximum atomic E-state index is 5.96. The van der Waals surface area contributed by atoms with Crippen LogP contribution in [-0.2, 0) is 0 Å². The van der Waals surface area contributed by atoms with E-state index >= 15 is 0 Å². The summed E-state index contributed by atoms with van der Waals surface area (Å²) in [5, 5.41) is 8.14. The van der Waals surface area contributed by atoms with E-state index < -0.39 is 0 Å². The van der Waals surface area contributed by atoms with Crippen molar-refractivity contribution in [3.63, 3.8) is 0 Å². The predicted molar refractivity (Wildman–Crippen MR) is 56.9 cm³/mol. The van der Waals surface area contributed by atoms with Crippen LogP contribution in [0, 0.1) is 6.92 Å². The minimum Gasteiger partial charge on any atom is -0.321 e. The molecule has 0 spiro atoms. The van der Waals surface area contributed by atoms with Gasteiger partial charge in [-0.05, 0) is 27.2 Å². The molecule has 0 aromatic carbocycles. The lowest BCUT2D eigenvalue weighted by Gasteiger charge is -2.15. The van der Waals surface area contributed by atoms with Gasteiger partial charge in [0.05, 0.1) is 6.04 Å². The van der Waals surface area contributed by atoms with E-state index in [2.05, 4.69) is 35.2 Å². The van der Waals surface area contributed by atoms with Gasteiger partial charge < -0.3 is 10.3 Å². The van der Waals surface area contributed by atoms with Crippen molar-refractivity contribution in [2.45, 2.75) is 39.3 Å². The molecule has 0 saturated carbocycles. The van der Waals surface area contributed by atoms with E-state index in [0.29, 0.717) is 6.04 Å². The summed E-state index contributed by atoms with van der Waals surface area (Å²) in [6.07, 6.45) is 2.53. The molecule has 1 aromatic heterocycles. The molecule has 0 aliphatic heterocycles. The van der Waals surface area contributed by atoms with Crippen LogP contribution in [0.1, 0.15) is 44.0 Å². The van der Waals surface area contributed by atoms with Crippen LogP contribution in [0.15, 0.2) is 12.7 Å². The van der Waals surface area contributed by atoms with Crippen LogP contribution in [0.4, 0.5) is 0 Å². The monoisotopic (exact) mass is 194 g/mol. The molecule has 0 bridgehead atoms. The molecule has 4 nitrogen and oxygen atoms in total. The van der Waals surface area contributed by atoms with Crippen molar-refractivity contribution < 1.29 is 0 Å². The molecule has 4 heteroatoms. The van der Waals surface area contributed by atoms with Gasteiger partial charge >= 0.3 is 0 Å². The molecular weight excluding hydrogens is 176 g/mol. The standard InChI is InChI=1S/C10H18N4/c1-5-6-9(11)10-13-12-8(4)14(10)7(2)3/h5,7,9H,1,6,11H2,2-4H3. The first kappa shape index (κ1) is 10.9. The average molecular weight is 194 g/mol. The van der Waals surface area contributed by atoms with Crippen molar-refractivity contribution in [1.29, 1.82) is 0 Å². The van der Waals surface area contributed by atoms with Gasteiger partial charge in [0.2, 0.25) is 0 Å². The van der Waals surface area contributed by atoms with Gasteiger partial charge in [-0.25, -0.2) is 0 Å². The molecule has 1 heterocycles. The molecule has 14 heavy (non-hydrogen) atoms. The lowest BCUT2D eigenvalue weighted by molar-refractivity contribution is 0.521. The zero-order chi connectivity index (χ0) is 10.7. The maximum Gasteiger partial charge on any atom is 0.150 e. The first-order valence-corrected chi connectivity index (χ1v) is 4.85. The van der Waals surface area contributed by atoms with Crippen LogP contribution in [0.5, 0.6) is 0 Å². The third kappa shape index (κ3) is 2.01. The van der Waals surface area contributed by atoms with Crippen molar-refractivity contribution in [2.24, 2.45) is 5.73 Å². The van der Waals surface area contributed by atoms with Crippen LogP contribution in [0.25, 0.3) is 0 Å². The highest BCUT2D eigenvalue weighted by atomic mass is 15.3. The van der Waals surface area contributed by atoms with Gasteiger partial charge in [0.25, 0.3) is 0 Å². The molecule has 1 rings (SSSR count). The molecule has 0 aliphatic carbocycles. The smallest absolute Gasteiger partial charge is 0.150 e. The molecular formula is C10H18N4. The summed E-state index contributed by atoms with van der Waals surface area (Å²) in [5.41, 5.74) is 5.96. The van der Waals surface area contributed by atoms with E-state index in [1.54, 1.807) is 6.08 Å². The molecule has 0 aliphatic rings.